The van der Waals surface area contributed by atoms with Crippen LogP contribution in [0.5, 0.6) is 0 Å². The molecule has 0 aromatic heterocycles. The Morgan fingerprint density at radius 1 is 1.07 bits per heavy atom. The number of amides is 2. The van der Waals surface area contributed by atoms with Gasteiger partial charge in [0.15, 0.2) is 0 Å². The number of carbonyl (C=O) groups excluding carboxylic acids is 2. The van der Waals surface area contributed by atoms with Gasteiger partial charge in [0, 0.05) is 37.3 Å². The van der Waals surface area contributed by atoms with Crippen LogP contribution in [0.4, 0.5) is 14.5 Å². The molecule has 1 heterocycles. The van der Waals surface area contributed by atoms with Crippen LogP contribution >= 0.6 is 0 Å². The smallest absolute Gasteiger partial charge is 0.256 e. The number of anilines is 1. The number of piperidine rings is 1. The maximum absolute atomic E-state index is 13.9. The summed E-state index contributed by atoms with van der Waals surface area (Å²) in [6.07, 6.45) is 1.05. The molecule has 2 aromatic carbocycles. The highest BCUT2D eigenvalue weighted by atomic mass is 19.1. The highest BCUT2D eigenvalue weighted by Crippen LogP contribution is 2.27. The molecule has 0 radical (unpaired) electrons. The number of hydrogen-bond acceptors (Lipinski definition) is 2. The van der Waals surface area contributed by atoms with E-state index in [9.17, 15) is 18.4 Å². The van der Waals surface area contributed by atoms with Crippen molar-refractivity contribution in [3.05, 3.63) is 64.7 Å². The monoisotopic (exact) mass is 400 g/mol. The molecule has 29 heavy (non-hydrogen) atoms. The van der Waals surface area contributed by atoms with Gasteiger partial charge >= 0.3 is 0 Å². The molecule has 2 amide bonds. The van der Waals surface area contributed by atoms with E-state index in [4.69, 9.17) is 0 Å². The summed E-state index contributed by atoms with van der Waals surface area (Å²) in [4.78, 5) is 29.1. The van der Waals surface area contributed by atoms with E-state index < -0.39 is 17.5 Å². The number of carbonyl (C=O) groups is 2. The number of rotatable bonds is 4. The van der Waals surface area contributed by atoms with Gasteiger partial charge in [0.1, 0.15) is 11.6 Å². The molecule has 1 fully saturated rings. The van der Waals surface area contributed by atoms with Gasteiger partial charge in [0.05, 0.1) is 5.56 Å². The quantitative estimate of drug-likeness (QED) is 0.759. The summed E-state index contributed by atoms with van der Waals surface area (Å²) < 4.78 is 27.0. The van der Waals surface area contributed by atoms with Crippen LogP contribution < -0.4 is 4.90 Å². The van der Waals surface area contributed by atoms with Gasteiger partial charge < -0.3 is 9.80 Å². The van der Waals surface area contributed by atoms with Gasteiger partial charge in [-0.25, -0.2) is 8.78 Å². The summed E-state index contributed by atoms with van der Waals surface area (Å²) in [5.41, 5.74) is 2.93. The van der Waals surface area contributed by atoms with Crippen LogP contribution in [0.1, 0.15) is 41.3 Å². The van der Waals surface area contributed by atoms with Crippen molar-refractivity contribution in [3.8, 4) is 0 Å². The van der Waals surface area contributed by atoms with E-state index in [2.05, 4.69) is 0 Å². The molecule has 4 nitrogen and oxygen atoms in total. The molecule has 0 atom stereocenters. The van der Waals surface area contributed by atoms with Crippen molar-refractivity contribution in [2.24, 2.45) is 5.92 Å². The number of benzene rings is 2. The predicted molar refractivity (Wildman–Crippen MR) is 109 cm³/mol. The summed E-state index contributed by atoms with van der Waals surface area (Å²) in [6.45, 7) is 7.26. The number of aryl methyl sites for hydroxylation is 2. The Kier molecular flexibility index (Phi) is 6.30. The van der Waals surface area contributed by atoms with Crippen molar-refractivity contribution in [2.75, 3.05) is 24.5 Å². The Balaban J connectivity index is 1.68. The lowest BCUT2D eigenvalue weighted by Crippen LogP contribution is -2.45. The Morgan fingerprint density at radius 2 is 1.76 bits per heavy atom. The van der Waals surface area contributed by atoms with E-state index in [-0.39, 0.29) is 17.4 Å². The van der Waals surface area contributed by atoms with Gasteiger partial charge in [0.2, 0.25) is 5.91 Å². The topological polar surface area (TPSA) is 40.6 Å². The normalized spacial score (nSPS) is 14.7. The van der Waals surface area contributed by atoms with Gasteiger partial charge in [-0.15, -0.1) is 0 Å². The zero-order chi connectivity index (χ0) is 21.1. The number of nitrogens with zero attached hydrogens (tertiary/aromatic N) is 2. The first kappa shape index (κ1) is 21.0. The minimum absolute atomic E-state index is 0.0567. The average Bonchev–Trinajstić information content (AvgIpc) is 2.70. The summed E-state index contributed by atoms with van der Waals surface area (Å²) >= 11 is 0. The fourth-order valence-electron chi connectivity index (χ4n) is 3.84. The zero-order valence-electron chi connectivity index (χ0n) is 17.0. The lowest BCUT2D eigenvalue weighted by atomic mass is 9.94. The molecule has 2 aromatic rings. The largest absolute Gasteiger partial charge is 0.339 e. The maximum atomic E-state index is 13.9. The fraction of sp³-hybridized carbons (Fsp3) is 0.391. The second-order valence-corrected chi connectivity index (χ2v) is 7.56. The van der Waals surface area contributed by atoms with Crippen molar-refractivity contribution >= 4 is 17.5 Å². The molecule has 0 aliphatic carbocycles. The lowest BCUT2D eigenvalue weighted by molar-refractivity contribution is -0.123. The molecule has 0 spiro atoms. The number of hydrogen-bond donors (Lipinski definition) is 0. The second-order valence-electron chi connectivity index (χ2n) is 7.56. The third-order valence-electron chi connectivity index (χ3n) is 5.53. The molecule has 3 rings (SSSR count). The molecule has 0 bridgehead atoms. The molecule has 1 aliphatic rings. The van der Waals surface area contributed by atoms with Crippen LogP contribution in [0.3, 0.4) is 0 Å². The summed E-state index contributed by atoms with van der Waals surface area (Å²) in [5.74, 6) is -2.16. The van der Waals surface area contributed by atoms with E-state index in [1.165, 1.54) is 11.0 Å². The molecule has 1 aliphatic heterocycles. The third-order valence-corrected chi connectivity index (χ3v) is 5.53. The van der Waals surface area contributed by atoms with Gasteiger partial charge in [-0.05, 0) is 62.9 Å². The summed E-state index contributed by atoms with van der Waals surface area (Å²) in [6, 6.07) is 9.02. The highest BCUT2D eigenvalue weighted by Gasteiger charge is 2.31. The molecule has 0 N–H and O–H groups in total. The molecule has 6 heteroatoms. The Morgan fingerprint density at radius 3 is 2.38 bits per heavy atom. The van der Waals surface area contributed by atoms with Crippen molar-refractivity contribution in [1.29, 1.82) is 0 Å². The highest BCUT2D eigenvalue weighted by molar-refractivity contribution is 5.97. The number of halogens is 2. The van der Waals surface area contributed by atoms with Crippen LogP contribution in [-0.4, -0.2) is 36.3 Å². The van der Waals surface area contributed by atoms with Crippen LogP contribution in [0.25, 0.3) is 0 Å². The minimum Gasteiger partial charge on any atom is -0.339 e. The second kappa shape index (κ2) is 8.72. The molecule has 0 saturated carbocycles. The molecule has 1 saturated heterocycles. The van der Waals surface area contributed by atoms with Crippen LogP contribution in [0.15, 0.2) is 36.4 Å². The van der Waals surface area contributed by atoms with Crippen LogP contribution in [0, 0.1) is 31.4 Å². The van der Waals surface area contributed by atoms with E-state index in [0.29, 0.717) is 38.5 Å². The first-order chi connectivity index (χ1) is 13.8. The lowest BCUT2D eigenvalue weighted by Gasteiger charge is -2.34. The van der Waals surface area contributed by atoms with Gasteiger partial charge in [-0.1, -0.05) is 12.1 Å². The summed E-state index contributed by atoms with van der Waals surface area (Å²) in [5, 5.41) is 0. The van der Waals surface area contributed by atoms with Crippen LogP contribution in [-0.2, 0) is 4.79 Å². The molecular formula is C23H26F2N2O2. The average molecular weight is 400 g/mol. The Bertz CT molecular complexity index is 921. The van der Waals surface area contributed by atoms with E-state index in [1.54, 1.807) is 0 Å². The molecule has 0 unspecified atom stereocenters. The van der Waals surface area contributed by atoms with Crippen molar-refractivity contribution in [3.63, 3.8) is 0 Å². The van der Waals surface area contributed by atoms with E-state index in [0.717, 1.165) is 22.9 Å². The van der Waals surface area contributed by atoms with Crippen molar-refractivity contribution in [2.45, 2.75) is 33.6 Å². The van der Waals surface area contributed by atoms with Crippen molar-refractivity contribution < 1.29 is 18.4 Å². The van der Waals surface area contributed by atoms with E-state index in [1.807, 2.05) is 43.9 Å². The minimum atomic E-state index is -0.861. The van der Waals surface area contributed by atoms with Crippen LogP contribution in [0.2, 0.25) is 0 Å². The SMILES string of the molecule is CCN(C(=O)C1CCN(C(=O)c2ccc(F)cc2F)CC1)c1cc(C)ccc1C. The summed E-state index contributed by atoms with van der Waals surface area (Å²) in [7, 11) is 0. The first-order valence-electron chi connectivity index (χ1n) is 9.94. The Labute approximate surface area is 170 Å². The van der Waals surface area contributed by atoms with Gasteiger partial charge in [0.25, 0.3) is 5.91 Å². The number of likely N-dealkylation sites (tertiary alicyclic amines) is 1. The standard InChI is InChI=1S/C23H26F2N2O2/c1-4-27(21-13-15(2)5-6-16(21)3)22(28)17-9-11-26(12-10-17)23(29)19-8-7-18(24)14-20(19)25/h5-8,13-14,17H,4,9-12H2,1-3H3. The first-order valence-corrected chi connectivity index (χ1v) is 9.94. The van der Waals surface area contributed by atoms with Crippen molar-refractivity contribution in [1.82, 2.24) is 4.90 Å². The van der Waals surface area contributed by atoms with E-state index >= 15 is 0 Å². The van der Waals surface area contributed by atoms with Gasteiger partial charge in [-0.2, -0.15) is 0 Å². The molecular weight excluding hydrogens is 374 g/mol. The Hall–Kier alpha value is -2.76. The predicted octanol–water partition coefficient (Wildman–Crippen LogP) is 4.49. The van der Waals surface area contributed by atoms with Gasteiger partial charge in [-0.3, -0.25) is 9.59 Å². The fourth-order valence-corrected chi connectivity index (χ4v) is 3.84. The molecule has 154 valence electrons. The maximum Gasteiger partial charge on any atom is 0.256 e. The zero-order valence-corrected chi connectivity index (χ0v) is 17.0. The third kappa shape index (κ3) is 4.47.